The second kappa shape index (κ2) is 9.59. The Morgan fingerprint density at radius 3 is 1.80 bits per heavy atom. The van der Waals surface area contributed by atoms with Gasteiger partial charge in [0.2, 0.25) is 0 Å². The fourth-order valence-corrected chi connectivity index (χ4v) is 4.50. The van der Waals surface area contributed by atoms with Crippen molar-refractivity contribution in [1.29, 1.82) is 0 Å². The maximum Gasteiger partial charge on any atom is 0.00892 e. The lowest BCUT2D eigenvalue weighted by Crippen LogP contribution is -2.00. The lowest BCUT2D eigenvalue weighted by atomic mass is 9.88. The third-order valence-corrected chi connectivity index (χ3v) is 5.97. The monoisotopic (exact) mass is 390 g/mol. The lowest BCUT2D eigenvalue weighted by Gasteiger charge is -2.17. The molecule has 0 saturated carbocycles. The number of rotatable bonds is 5. The summed E-state index contributed by atoms with van der Waals surface area (Å²) in [7, 11) is 0. The summed E-state index contributed by atoms with van der Waals surface area (Å²) >= 11 is 0. The minimum absolute atomic E-state index is 0.549. The van der Waals surface area contributed by atoms with Gasteiger partial charge in [0.1, 0.15) is 0 Å². The quantitative estimate of drug-likeness (QED) is 0.319. The molecule has 1 aliphatic rings. The van der Waals surface area contributed by atoms with Gasteiger partial charge in [-0.15, -0.1) is 0 Å². The second-order valence-corrected chi connectivity index (χ2v) is 7.94. The highest BCUT2D eigenvalue weighted by Crippen LogP contribution is 2.37. The Bertz CT molecular complexity index is 1080. The van der Waals surface area contributed by atoms with Gasteiger partial charge in [0.15, 0.2) is 0 Å². The normalized spacial score (nSPS) is 11.9. The highest BCUT2D eigenvalue weighted by atomic mass is 14.2. The van der Waals surface area contributed by atoms with Crippen molar-refractivity contribution in [2.24, 2.45) is 0 Å². The molecule has 150 valence electrons. The summed E-state index contributed by atoms with van der Waals surface area (Å²) in [5.41, 5.74) is 7.14. The topological polar surface area (TPSA) is 0 Å². The van der Waals surface area contributed by atoms with E-state index in [-0.39, 0.29) is 0 Å². The molecule has 0 aliphatic heterocycles. The van der Waals surface area contributed by atoms with Crippen LogP contribution >= 0.6 is 0 Å². The second-order valence-electron chi connectivity index (χ2n) is 7.94. The zero-order valence-electron chi connectivity index (χ0n) is 18.0. The molecule has 4 aromatic rings. The van der Waals surface area contributed by atoms with Crippen LogP contribution in [0, 0.1) is 0 Å². The summed E-state index contributed by atoms with van der Waals surface area (Å²) in [5.74, 6) is 0.549. The van der Waals surface area contributed by atoms with Crippen molar-refractivity contribution in [3.63, 3.8) is 0 Å². The maximum absolute atomic E-state index is 2.32. The van der Waals surface area contributed by atoms with Gasteiger partial charge >= 0.3 is 0 Å². The molecule has 0 saturated heterocycles. The van der Waals surface area contributed by atoms with Gasteiger partial charge in [-0.1, -0.05) is 123 Å². The molecule has 0 unspecified atom stereocenters. The van der Waals surface area contributed by atoms with Crippen molar-refractivity contribution >= 4 is 22.4 Å². The van der Waals surface area contributed by atoms with E-state index >= 15 is 0 Å². The minimum Gasteiger partial charge on any atom is -0.0653 e. The van der Waals surface area contributed by atoms with Crippen molar-refractivity contribution in [1.82, 2.24) is 0 Å². The molecule has 0 atom stereocenters. The highest BCUT2D eigenvalue weighted by molar-refractivity contribution is 6.08. The van der Waals surface area contributed by atoms with E-state index in [0.717, 1.165) is 6.42 Å². The first-order valence-electron chi connectivity index (χ1n) is 11.1. The van der Waals surface area contributed by atoms with Crippen molar-refractivity contribution in [3.05, 3.63) is 119 Å². The van der Waals surface area contributed by atoms with Gasteiger partial charge in [0.25, 0.3) is 0 Å². The molecular formula is C30H30. The van der Waals surface area contributed by atoms with E-state index in [1.807, 2.05) is 0 Å². The van der Waals surface area contributed by atoms with Gasteiger partial charge in [-0.3, -0.25) is 0 Å². The molecule has 0 heterocycles. The van der Waals surface area contributed by atoms with Crippen LogP contribution in [0.3, 0.4) is 0 Å². The van der Waals surface area contributed by atoms with Crippen LogP contribution in [0.15, 0.2) is 97.1 Å². The minimum atomic E-state index is 0.549. The molecule has 0 heteroatoms. The Hall–Kier alpha value is -3.12. The van der Waals surface area contributed by atoms with Crippen molar-refractivity contribution in [3.8, 4) is 0 Å². The summed E-state index contributed by atoms with van der Waals surface area (Å²) in [6.45, 7) is 4.47. The zero-order chi connectivity index (χ0) is 20.8. The van der Waals surface area contributed by atoms with Gasteiger partial charge in [-0.25, -0.2) is 0 Å². The van der Waals surface area contributed by atoms with Gasteiger partial charge < -0.3 is 0 Å². The highest BCUT2D eigenvalue weighted by Gasteiger charge is 2.14. The van der Waals surface area contributed by atoms with Crippen molar-refractivity contribution < 1.29 is 0 Å². The third-order valence-electron chi connectivity index (χ3n) is 5.97. The molecule has 0 amide bonds. The predicted octanol–water partition coefficient (Wildman–Crippen LogP) is 8.72. The molecule has 0 nitrogen and oxygen atoms in total. The van der Waals surface area contributed by atoms with Crippen LogP contribution < -0.4 is 0 Å². The fraction of sp³-hybridized carbons (Fsp3) is 0.200. The summed E-state index contributed by atoms with van der Waals surface area (Å²) < 4.78 is 0. The zero-order valence-corrected chi connectivity index (χ0v) is 18.0. The average molecular weight is 391 g/mol. The molecule has 1 aliphatic carbocycles. The van der Waals surface area contributed by atoms with Crippen LogP contribution in [0.25, 0.3) is 22.4 Å². The van der Waals surface area contributed by atoms with E-state index in [1.165, 1.54) is 51.4 Å². The summed E-state index contributed by atoms with van der Waals surface area (Å²) in [5, 5.41) is 2.80. The molecule has 30 heavy (non-hydrogen) atoms. The molecule has 5 rings (SSSR count). The summed E-state index contributed by atoms with van der Waals surface area (Å²) in [6, 6.07) is 34.7. The van der Waals surface area contributed by atoms with Gasteiger partial charge in [0, 0.05) is 5.92 Å². The number of hydrogen-bond acceptors (Lipinski definition) is 0. The van der Waals surface area contributed by atoms with E-state index < -0.39 is 0 Å². The molecule has 0 radical (unpaired) electrons. The first-order valence-corrected chi connectivity index (χ1v) is 11.1. The van der Waals surface area contributed by atoms with Gasteiger partial charge in [-0.2, -0.15) is 0 Å². The van der Waals surface area contributed by atoms with E-state index in [4.69, 9.17) is 0 Å². The Morgan fingerprint density at radius 2 is 1.23 bits per heavy atom. The Balaban J connectivity index is 0.000000146. The fourth-order valence-electron chi connectivity index (χ4n) is 4.50. The number of benzene rings is 4. The SMILES string of the molecule is CCC1=Cc2cccc3cccc1c23.CCCC(c1ccccc1)c1ccccc1. The van der Waals surface area contributed by atoms with Crippen molar-refractivity contribution in [2.45, 2.75) is 39.0 Å². The average Bonchev–Trinajstić information content (AvgIpc) is 3.19. The van der Waals surface area contributed by atoms with Crippen LogP contribution in [0.5, 0.6) is 0 Å². The summed E-state index contributed by atoms with van der Waals surface area (Å²) in [6.07, 6.45) is 5.87. The van der Waals surface area contributed by atoms with Crippen molar-refractivity contribution in [2.75, 3.05) is 0 Å². The molecule has 0 spiro atoms. The Labute approximate surface area is 180 Å². The number of allylic oxidation sites excluding steroid dienone is 1. The van der Waals surface area contributed by atoms with Crippen LogP contribution in [0.4, 0.5) is 0 Å². The van der Waals surface area contributed by atoms with Crippen LogP contribution in [-0.2, 0) is 0 Å². The van der Waals surface area contributed by atoms with Crippen LogP contribution in [-0.4, -0.2) is 0 Å². The molecular weight excluding hydrogens is 360 g/mol. The molecule has 0 bridgehead atoms. The molecule has 0 N–H and O–H groups in total. The third kappa shape index (κ3) is 4.24. The molecule has 4 aromatic carbocycles. The van der Waals surface area contributed by atoms with Gasteiger partial charge in [0.05, 0.1) is 0 Å². The smallest absolute Gasteiger partial charge is 0.00892 e. The predicted molar refractivity (Wildman–Crippen MR) is 132 cm³/mol. The first-order chi connectivity index (χ1) is 14.8. The molecule has 0 fully saturated rings. The van der Waals surface area contributed by atoms with E-state index in [1.54, 1.807) is 0 Å². The first kappa shape index (κ1) is 20.2. The van der Waals surface area contributed by atoms with E-state index in [0.29, 0.717) is 5.92 Å². The van der Waals surface area contributed by atoms with E-state index in [2.05, 4.69) is 117 Å². The standard InChI is InChI=1S/C16H18.C14H12/c1-2-9-16(14-10-5-3-6-11-14)15-12-7-4-8-13-15;1-2-10-9-12-7-3-5-11-6-4-8-13(10)14(11)12/h3-8,10-13,16H,2,9H2,1H3;3-9H,2H2,1H3. The molecule has 0 aromatic heterocycles. The summed E-state index contributed by atoms with van der Waals surface area (Å²) in [4.78, 5) is 0. The van der Waals surface area contributed by atoms with Gasteiger partial charge in [-0.05, 0) is 51.4 Å². The van der Waals surface area contributed by atoms with Crippen LogP contribution in [0.2, 0.25) is 0 Å². The Kier molecular flexibility index (Phi) is 6.44. The number of hydrogen-bond donors (Lipinski definition) is 0. The maximum atomic E-state index is 2.32. The lowest BCUT2D eigenvalue weighted by molar-refractivity contribution is 0.698. The van der Waals surface area contributed by atoms with E-state index in [9.17, 15) is 0 Å². The Morgan fingerprint density at radius 1 is 0.633 bits per heavy atom. The van der Waals surface area contributed by atoms with Crippen LogP contribution in [0.1, 0.15) is 61.3 Å². The largest absolute Gasteiger partial charge is 0.0653 e.